The van der Waals surface area contributed by atoms with Crippen molar-refractivity contribution in [2.75, 3.05) is 13.1 Å². The van der Waals surface area contributed by atoms with Crippen LogP contribution < -0.4 is 11.1 Å². The van der Waals surface area contributed by atoms with Crippen LogP contribution in [0.2, 0.25) is 0 Å². The molecule has 0 aliphatic heterocycles. The normalized spacial score (nSPS) is 17.9. The maximum absolute atomic E-state index is 11.9. The molecule has 0 bridgehead atoms. The van der Waals surface area contributed by atoms with Gasteiger partial charge in [0.15, 0.2) is 0 Å². The third-order valence-corrected chi connectivity index (χ3v) is 4.49. The van der Waals surface area contributed by atoms with Crippen LogP contribution in [-0.2, 0) is 9.59 Å². The lowest BCUT2D eigenvalue weighted by molar-refractivity contribution is -0.148. The van der Waals surface area contributed by atoms with Crippen LogP contribution in [0, 0.1) is 10.8 Å². The Labute approximate surface area is 121 Å². The van der Waals surface area contributed by atoms with E-state index in [-0.39, 0.29) is 17.9 Å². The van der Waals surface area contributed by atoms with Crippen molar-refractivity contribution in [3.8, 4) is 0 Å². The van der Waals surface area contributed by atoms with E-state index in [4.69, 9.17) is 5.73 Å². The second-order valence-corrected chi connectivity index (χ2v) is 6.77. The molecule has 0 heterocycles. The molecule has 0 aromatic heterocycles. The van der Waals surface area contributed by atoms with E-state index >= 15 is 0 Å². The predicted octanol–water partition coefficient (Wildman–Crippen LogP) is 1.90. The van der Waals surface area contributed by atoms with Crippen LogP contribution in [0.5, 0.6) is 0 Å². The standard InChI is InChI=1S/C15H28N2O3/c1-14(2,9-10-16)8-5-12(18)17-11-15(13(19)20)6-3-4-7-15/h3-11,16H2,1-2H3,(H,17,18)(H,19,20). The Morgan fingerprint density at radius 2 is 1.85 bits per heavy atom. The van der Waals surface area contributed by atoms with Crippen LogP contribution in [0.3, 0.4) is 0 Å². The van der Waals surface area contributed by atoms with E-state index in [1.54, 1.807) is 0 Å². The zero-order valence-corrected chi connectivity index (χ0v) is 12.7. The molecule has 5 heteroatoms. The van der Waals surface area contributed by atoms with Gasteiger partial charge in [-0.2, -0.15) is 0 Å². The molecule has 0 unspecified atom stereocenters. The zero-order valence-electron chi connectivity index (χ0n) is 12.7. The molecule has 1 aliphatic carbocycles. The Morgan fingerprint density at radius 1 is 1.25 bits per heavy atom. The molecule has 116 valence electrons. The molecule has 0 spiro atoms. The number of carboxylic acid groups (broad SMARTS) is 1. The van der Waals surface area contributed by atoms with E-state index in [1.807, 2.05) is 0 Å². The molecule has 1 saturated carbocycles. The number of carbonyl (C=O) groups is 2. The minimum Gasteiger partial charge on any atom is -0.481 e. The van der Waals surface area contributed by atoms with E-state index in [0.29, 0.717) is 25.8 Å². The molecular formula is C15H28N2O3. The highest BCUT2D eigenvalue weighted by Gasteiger charge is 2.41. The molecule has 20 heavy (non-hydrogen) atoms. The van der Waals surface area contributed by atoms with Gasteiger partial charge in [-0.25, -0.2) is 0 Å². The van der Waals surface area contributed by atoms with E-state index in [2.05, 4.69) is 19.2 Å². The van der Waals surface area contributed by atoms with Gasteiger partial charge in [-0.1, -0.05) is 26.7 Å². The summed E-state index contributed by atoms with van der Waals surface area (Å²) in [6.45, 7) is 5.08. The van der Waals surface area contributed by atoms with E-state index in [0.717, 1.165) is 25.7 Å². The van der Waals surface area contributed by atoms with Gasteiger partial charge in [0.1, 0.15) is 0 Å². The molecule has 1 aliphatic rings. The Kier molecular flexibility index (Phi) is 5.99. The first-order chi connectivity index (χ1) is 9.31. The number of carbonyl (C=O) groups excluding carboxylic acids is 1. The highest BCUT2D eigenvalue weighted by molar-refractivity contribution is 5.79. The van der Waals surface area contributed by atoms with Crippen LogP contribution in [0.15, 0.2) is 0 Å². The smallest absolute Gasteiger partial charge is 0.311 e. The van der Waals surface area contributed by atoms with Gasteiger partial charge in [-0.15, -0.1) is 0 Å². The van der Waals surface area contributed by atoms with Gasteiger partial charge in [-0.05, 0) is 37.6 Å². The predicted molar refractivity (Wildman–Crippen MR) is 78.2 cm³/mol. The first kappa shape index (κ1) is 17.0. The summed E-state index contributed by atoms with van der Waals surface area (Å²) in [5, 5.41) is 12.2. The van der Waals surface area contributed by atoms with Crippen molar-refractivity contribution in [1.82, 2.24) is 5.32 Å². The molecular weight excluding hydrogens is 256 g/mol. The average Bonchev–Trinajstić information content (AvgIpc) is 2.84. The van der Waals surface area contributed by atoms with Crippen LogP contribution in [0.4, 0.5) is 0 Å². The lowest BCUT2D eigenvalue weighted by atomic mass is 9.84. The van der Waals surface area contributed by atoms with Crippen molar-refractivity contribution in [1.29, 1.82) is 0 Å². The van der Waals surface area contributed by atoms with Crippen LogP contribution in [-0.4, -0.2) is 30.1 Å². The van der Waals surface area contributed by atoms with Gasteiger partial charge in [0.25, 0.3) is 0 Å². The number of hydrogen-bond donors (Lipinski definition) is 3. The fraction of sp³-hybridized carbons (Fsp3) is 0.867. The number of amides is 1. The Hall–Kier alpha value is -1.10. The summed E-state index contributed by atoms with van der Waals surface area (Å²) < 4.78 is 0. The third kappa shape index (κ3) is 4.78. The van der Waals surface area contributed by atoms with Crippen molar-refractivity contribution in [3.63, 3.8) is 0 Å². The summed E-state index contributed by atoms with van der Waals surface area (Å²) in [5.74, 6) is -0.832. The largest absolute Gasteiger partial charge is 0.481 e. The van der Waals surface area contributed by atoms with Crippen molar-refractivity contribution < 1.29 is 14.7 Å². The molecule has 1 fully saturated rings. The summed E-state index contributed by atoms with van der Waals surface area (Å²) in [7, 11) is 0. The number of nitrogens with two attached hydrogens (primary N) is 1. The number of nitrogens with one attached hydrogen (secondary N) is 1. The van der Waals surface area contributed by atoms with E-state index in [1.165, 1.54) is 0 Å². The summed E-state index contributed by atoms with van der Waals surface area (Å²) in [5.41, 5.74) is 4.87. The molecule has 0 radical (unpaired) electrons. The summed E-state index contributed by atoms with van der Waals surface area (Å²) >= 11 is 0. The fourth-order valence-corrected chi connectivity index (χ4v) is 2.84. The van der Waals surface area contributed by atoms with Crippen LogP contribution in [0.1, 0.15) is 58.8 Å². The quantitative estimate of drug-likeness (QED) is 0.634. The first-order valence-electron chi connectivity index (χ1n) is 7.51. The fourth-order valence-electron chi connectivity index (χ4n) is 2.84. The first-order valence-corrected chi connectivity index (χ1v) is 7.51. The van der Waals surface area contributed by atoms with Gasteiger partial charge in [0.05, 0.1) is 5.41 Å². The molecule has 1 rings (SSSR count). The minimum atomic E-state index is -0.779. The maximum atomic E-state index is 11.9. The van der Waals surface area contributed by atoms with Crippen molar-refractivity contribution in [3.05, 3.63) is 0 Å². The maximum Gasteiger partial charge on any atom is 0.311 e. The number of aliphatic carboxylic acids is 1. The van der Waals surface area contributed by atoms with E-state index in [9.17, 15) is 14.7 Å². The number of hydrogen-bond acceptors (Lipinski definition) is 3. The van der Waals surface area contributed by atoms with Gasteiger partial charge < -0.3 is 16.2 Å². The Balaban J connectivity index is 2.37. The second kappa shape index (κ2) is 7.07. The molecule has 0 atom stereocenters. The lowest BCUT2D eigenvalue weighted by Crippen LogP contribution is -2.41. The van der Waals surface area contributed by atoms with E-state index < -0.39 is 11.4 Å². The van der Waals surface area contributed by atoms with Gasteiger partial charge in [0, 0.05) is 13.0 Å². The molecule has 4 N–H and O–H groups in total. The molecule has 1 amide bonds. The monoisotopic (exact) mass is 284 g/mol. The topological polar surface area (TPSA) is 92.4 Å². The molecule has 0 aromatic rings. The number of carboxylic acids is 1. The zero-order chi connectivity index (χ0) is 15.2. The molecule has 5 nitrogen and oxygen atoms in total. The molecule has 0 aromatic carbocycles. The highest BCUT2D eigenvalue weighted by Crippen LogP contribution is 2.37. The number of rotatable bonds is 8. The third-order valence-electron chi connectivity index (χ3n) is 4.49. The summed E-state index contributed by atoms with van der Waals surface area (Å²) in [6.07, 6.45) is 5.30. The average molecular weight is 284 g/mol. The van der Waals surface area contributed by atoms with Crippen molar-refractivity contribution >= 4 is 11.9 Å². The Bertz CT molecular complexity index is 347. The SMILES string of the molecule is CC(C)(CCN)CCC(=O)NCC1(C(=O)O)CCCC1. The van der Waals surface area contributed by atoms with Crippen LogP contribution >= 0.6 is 0 Å². The molecule has 0 saturated heterocycles. The van der Waals surface area contributed by atoms with Gasteiger partial charge in [0.2, 0.25) is 5.91 Å². The van der Waals surface area contributed by atoms with Crippen molar-refractivity contribution in [2.45, 2.75) is 58.8 Å². The summed E-state index contributed by atoms with van der Waals surface area (Å²) in [6, 6.07) is 0. The minimum absolute atomic E-state index is 0.0531. The summed E-state index contributed by atoms with van der Waals surface area (Å²) in [4.78, 5) is 23.3. The van der Waals surface area contributed by atoms with Gasteiger partial charge in [-0.3, -0.25) is 9.59 Å². The van der Waals surface area contributed by atoms with Crippen molar-refractivity contribution in [2.24, 2.45) is 16.6 Å². The lowest BCUT2D eigenvalue weighted by Gasteiger charge is -2.26. The highest BCUT2D eigenvalue weighted by atomic mass is 16.4. The Morgan fingerprint density at radius 3 is 2.35 bits per heavy atom. The second-order valence-electron chi connectivity index (χ2n) is 6.77. The van der Waals surface area contributed by atoms with Gasteiger partial charge >= 0.3 is 5.97 Å². The van der Waals surface area contributed by atoms with Crippen LogP contribution in [0.25, 0.3) is 0 Å².